The molecular weight excluding hydrogens is 426 g/mol. The molecule has 0 saturated carbocycles. The molecule has 0 atom stereocenters. The molecule has 0 bridgehead atoms. The van der Waals surface area contributed by atoms with Gasteiger partial charge in [-0.25, -0.2) is 9.48 Å². The van der Waals surface area contributed by atoms with Gasteiger partial charge in [-0.2, -0.15) is 23.5 Å². The molecule has 0 spiro atoms. The van der Waals surface area contributed by atoms with Gasteiger partial charge in [-0.1, -0.05) is 23.2 Å². The van der Waals surface area contributed by atoms with Crippen molar-refractivity contribution in [3.8, 4) is 11.8 Å². The molecule has 0 N–H and O–H groups in total. The molecule has 0 unspecified atom stereocenters. The molecule has 0 aliphatic carbocycles. The van der Waals surface area contributed by atoms with Crippen LogP contribution in [0.2, 0.25) is 10.0 Å². The Morgan fingerprint density at radius 2 is 1.96 bits per heavy atom. The number of carbonyl (C=O) groups excluding carboxylic acids is 1. The van der Waals surface area contributed by atoms with Crippen LogP contribution in [-0.2, 0) is 15.7 Å². The number of carbonyl (C=O) groups is 1. The quantitative estimate of drug-likeness (QED) is 0.384. The lowest BCUT2D eigenvalue weighted by Crippen LogP contribution is -2.08. The zero-order chi connectivity index (χ0) is 20.4. The van der Waals surface area contributed by atoms with Crippen LogP contribution in [-0.4, -0.2) is 29.1 Å². The van der Waals surface area contributed by atoms with Crippen LogP contribution in [0, 0.1) is 11.3 Å². The number of benzene rings is 1. The first kappa shape index (κ1) is 21.2. The maximum Gasteiger partial charge on any atom is 0.416 e. The van der Waals surface area contributed by atoms with Gasteiger partial charge in [0.15, 0.2) is 5.69 Å². The van der Waals surface area contributed by atoms with Gasteiger partial charge in [0, 0.05) is 6.08 Å². The van der Waals surface area contributed by atoms with Gasteiger partial charge in [0.25, 0.3) is 0 Å². The average Bonchev–Trinajstić information content (AvgIpc) is 2.95. The number of halogens is 5. The average molecular weight is 436 g/mol. The molecule has 1 aromatic heterocycles. The van der Waals surface area contributed by atoms with E-state index in [0.29, 0.717) is 17.0 Å². The summed E-state index contributed by atoms with van der Waals surface area (Å²) in [5.41, 5.74) is -0.828. The van der Waals surface area contributed by atoms with Crippen molar-refractivity contribution < 1.29 is 22.7 Å². The number of methoxy groups -OCH3 is 1. The number of ether oxygens (including phenoxy) is 1. The highest BCUT2D eigenvalue weighted by Crippen LogP contribution is 2.39. The molecule has 2 aromatic rings. The summed E-state index contributed by atoms with van der Waals surface area (Å²) in [6.07, 6.45) is -0.560. The summed E-state index contributed by atoms with van der Waals surface area (Å²) in [4.78, 5) is 11.8. The molecule has 5 nitrogen and oxygen atoms in total. The fourth-order valence-electron chi connectivity index (χ4n) is 2.15. The summed E-state index contributed by atoms with van der Waals surface area (Å²) in [6.45, 7) is 0. The minimum absolute atomic E-state index is 0.000882. The Morgan fingerprint density at radius 3 is 2.41 bits per heavy atom. The third-order valence-corrected chi connectivity index (χ3v) is 4.71. The van der Waals surface area contributed by atoms with E-state index in [9.17, 15) is 23.2 Å². The van der Waals surface area contributed by atoms with Crippen LogP contribution in [0.5, 0.6) is 0 Å². The van der Waals surface area contributed by atoms with Crippen LogP contribution >= 0.6 is 35.0 Å². The molecule has 0 fully saturated rings. The normalized spacial score (nSPS) is 11.6. The molecule has 142 valence electrons. The lowest BCUT2D eigenvalue weighted by Gasteiger charge is -2.13. The third-order valence-electron chi connectivity index (χ3n) is 3.32. The van der Waals surface area contributed by atoms with E-state index in [4.69, 9.17) is 23.2 Å². The number of esters is 1. The third kappa shape index (κ3) is 4.40. The van der Waals surface area contributed by atoms with Gasteiger partial charge in [0.05, 0.1) is 33.3 Å². The molecule has 0 radical (unpaired) electrons. The molecule has 0 amide bonds. The number of hydrogen-bond acceptors (Lipinski definition) is 5. The van der Waals surface area contributed by atoms with Crippen molar-refractivity contribution in [2.75, 3.05) is 13.4 Å². The molecular formula is C16H10Cl2F3N3O2S. The van der Waals surface area contributed by atoms with E-state index in [2.05, 4.69) is 9.84 Å². The van der Waals surface area contributed by atoms with Gasteiger partial charge in [0.1, 0.15) is 11.8 Å². The summed E-state index contributed by atoms with van der Waals surface area (Å²) in [6, 6.07) is 3.31. The first-order valence-corrected chi connectivity index (χ1v) is 9.01. The molecule has 0 aliphatic rings. The first-order chi connectivity index (χ1) is 12.6. The van der Waals surface area contributed by atoms with Gasteiger partial charge in [0.2, 0.25) is 0 Å². The van der Waals surface area contributed by atoms with Crippen LogP contribution in [0.4, 0.5) is 13.2 Å². The van der Waals surface area contributed by atoms with Crippen molar-refractivity contribution in [3.63, 3.8) is 0 Å². The number of rotatable bonds is 4. The van der Waals surface area contributed by atoms with Crippen molar-refractivity contribution in [3.05, 3.63) is 45.2 Å². The van der Waals surface area contributed by atoms with Crippen LogP contribution in [0.15, 0.2) is 23.1 Å². The summed E-state index contributed by atoms with van der Waals surface area (Å²) in [5, 5.41) is 12.7. The molecule has 11 heteroatoms. The lowest BCUT2D eigenvalue weighted by molar-refractivity contribution is -0.137. The fraction of sp³-hybridized carbons (Fsp3) is 0.188. The van der Waals surface area contributed by atoms with Crippen molar-refractivity contribution in [2.24, 2.45) is 0 Å². The number of hydrogen-bond donors (Lipinski definition) is 0. The lowest BCUT2D eigenvalue weighted by atomic mass is 10.2. The fourth-order valence-corrected chi connectivity index (χ4v) is 3.45. The number of alkyl halides is 3. The van der Waals surface area contributed by atoms with Crippen LogP contribution in [0.25, 0.3) is 11.8 Å². The Hall–Kier alpha value is -2.15. The molecule has 1 aromatic carbocycles. The summed E-state index contributed by atoms with van der Waals surface area (Å²) >= 11 is 13.2. The van der Waals surface area contributed by atoms with E-state index in [-0.39, 0.29) is 27.1 Å². The number of nitriles is 1. The van der Waals surface area contributed by atoms with Gasteiger partial charge in [-0.05, 0) is 24.5 Å². The minimum atomic E-state index is -4.63. The monoisotopic (exact) mass is 435 g/mol. The van der Waals surface area contributed by atoms with Gasteiger partial charge in [-0.3, -0.25) is 0 Å². The van der Waals surface area contributed by atoms with E-state index < -0.39 is 17.7 Å². The Morgan fingerprint density at radius 1 is 1.37 bits per heavy atom. The Bertz CT molecular complexity index is 942. The summed E-state index contributed by atoms with van der Waals surface area (Å²) in [7, 11) is 1.18. The van der Waals surface area contributed by atoms with Crippen LogP contribution < -0.4 is 0 Å². The number of thioether (sulfide) groups is 1. The Labute approximate surface area is 166 Å². The van der Waals surface area contributed by atoms with Crippen molar-refractivity contribution >= 4 is 47.0 Å². The second-order valence-corrected chi connectivity index (χ2v) is 6.56. The molecule has 0 aliphatic heterocycles. The van der Waals surface area contributed by atoms with E-state index in [1.165, 1.54) is 24.9 Å². The number of aromatic nitrogens is 2. The van der Waals surface area contributed by atoms with Gasteiger partial charge in [-0.15, -0.1) is 11.8 Å². The SMILES string of the molecule is COC(=O)/C=C/c1c(SC)c(C#N)nn1-c1c(Cl)cc(C(F)(F)F)cc1Cl. The highest BCUT2D eigenvalue weighted by molar-refractivity contribution is 7.98. The maximum absolute atomic E-state index is 12.9. The Kier molecular flexibility index (Phi) is 6.46. The second-order valence-electron chi connectivity index (χ2n) is 4.93. The van der Waals surface area contributed by atoms with E-state index in [1.54, 1.807) is 6.26 Å². The van der Waals surface area contributed by atoms with Crippen molar-refractivity contribution in [1.29, 1.82) is 5.26 Å². The van der Waals surface area contributed by atoms with E-state index >= 15 is 0 Å². The summed E-state index contributed by atoms with van der Waals surface area (Å²) in [5.74, 6) is -0.669. The van der Waals surface area contributed by atoms with Crippen LogP contribution in [0.1, 0.15) is 17.0 Å². The molecule has 1 heterocycles. The molecule has 2 rings (SSSR count). The second kappa shape index (κ2) is 8.25. The zero-order valence-corrected chi connectivity index (χ0v) is 16.1. The topological polar surface area (TPSA) is 67.9 Å². The minimum Gasteiger partial charge on any atom is -0.466 e. The highest BCUT2D eigenvalue weighted by Gasteiger charge is 2.32. The predicted molar refractivity (Wildman–Crippen MR) is 96.1 cm³/mol. The van der Waals surface area contributed by atoms with Crippen molar-refractivity contribution in [2.45, 2.75) is 11.1 Å². The van der Waals surface area contributed by atoms with Gasteiger partial charge >= 0.3 is 12.1 Å². The highest BCUT2D eigenvalue weighted by atomic mass is 35.5. The smallest absolute Gasteiger partial charge is 0.416 e. The standard InChI is InChI=1S/C16H10Cl2F3N3O2S/c1-26-13(25)4-3-12-15(27-2)11(7-22)23-24(12)14-9(17)5-8(6-10(14)18)16(19,20)21/h3-6H,1-2H3/b4-3+. The van der Waals surface area contributed by atoms with Gasteiger partial charge < -0.3 is 4.74 Å². The summed E-state index contributed by atoms with van der Waals surface area (Å²) < 4.78 is 44.5. The molecule has 27 heavy (non-hydrogen) atoms. The van der Waals surface area contributed by atoms with E-state index in [0.717, 1.165) is 10.8 Å². The largest absolute Gasteiger partial charge is 0.466 e. The number of nitrogens with zero attached hydrogens (tertiary/aromatic N) is 3. The maximum atomic E-state index is 12.9. The first-order valence-electron chi connectivity index (χ1n) is 7.03. The Balaban J connectivity index is 2.76. The van der Waals surface area contributed by atoms with E-state index in [1.807, 2.05) is 6.07 Å². The predicted octanol–water partition coefficient (Wildman–Crippen LogP) is 4.98. The van der Waals surface area contributed by atoms with Crippen molar-refractivity contribution in [1.82, 2.24) is 9.78 Å². The van der Waals surface area contributed by atoms with Crippen LogP contribution in [0.3, 0.4) is 0 Å². The zero-order valence-electron chi connectivity index (χ0n) is 13.8. The molecule has 0 saturated heterocycles.